The third kappa shape index (κ3) is 7.57. The molecule has 1 unspecified atom stereocenters. The fourth-order valence-electron chi connectivity index (χ4n) is 3.29. The van der Waals surface area contributed by atoms with Gasteiger partial charge in [-0.05, 0) is 31.8 Å². The molecule has 1 atom stereocenters. The Kier molecular flexibility index (Phi) is 12.3. The summed E-state index contributed by atoms with van der Waals surface area (Å²) in [6.07, 6.45) is 2.89. The molecule has 0 bridgehead atoms. The zero-order valence-electron chi connectivity index (χ0n) is 14.5. The average molecular weight is 370 g/mol. The van der Waals surface area contributed by atoms with Crippen LogP contribution in [0.15, 0.2) is 0 Å². The molecule has 2 rings (SSSR count). The zero-order valence-corrected chi connectivity index (χ0v) is 16.1. The third-order valence-electron chi connectivity index (χ3n) is 4.78. The molecule has 0 aliphatic carbocycles. The monoisotopic (exact) mass is 369 g/mol. The number of ether oxygens (including phenoxy) is 1. The van der Waals surface area contributed by atoms with E-state index in [2.05, 4.69) is 24.1 Å². The molecule has 2 aliphatic heterocycles. The summed E-state index contributed by atoms with van der Waals surface area (Å²) < 4.78 is 5.63. The van der Waals surface area contributed by atoms with Crippen molar-refractivity contribution in [1.82, 2.24) is 15.1 Å². The molecule has 2 aliphatic rings. The molecule has 0 saturated carbocycles. The number of halogens is 2. The van der Waals surface area contributed by atoms with Crippen LogP contribution in [0.4, 0.5) is 0 Å². The summed E-state index contributed by atoms with van der Waals surface area (Å²) in [5.74, 6) is 1.02. The molecule has 0 aromatic carbocycles. The van der Waals surface area contributed by atoms with Crippen molar-refractivity contribution in [1.29, 1.82) is 0 Å². The normalized spacial score (nSPS) is 22.4. The number of morpholine rings is 1. The van der Waals surface area contributed by atoms with Crippen LogP contribution in [-0.2, 0) is 9.53 Å². The predicted molar refractivity (Wildman–Crippen MR) is 98.8 cm³/mol. The smallest absolute Gasteiger partial charge is 0.225 e. The van der Waals surface area contributed by atoms with Crippen molar-refractivity contribution in [3.63, 3.8) is 0 Å². The Labute approximate surface area is 153 Å². The van der Waals surface area contributed by atoms with Crippen LogP contribution < -0.4 is 5.32 Å². The molecule has 2 heterocycles. The van der Waals surface area contributed by atoms with Gasteiger partial charge in [-0.25, -0.2) is 0 Å². The van der Waals surface area contributed by atoms with Crippen LogP contribution >= 0.6 is 24.8 Å². The summed E-state index contributed by atoms with van der Waals surface area (Å²) in [4.78, 5) is 16.8. The first kappa shape index (κ1) is 22.9. The van der Waals surface area contributed by atoms with E-state index in [0.29, 0.717) is 6.42 Å². The van der Waals surface area contributed by atoms with Gasteiger partial charge in [0, 0.05) is 32.7 Å². The summed E-state index contributed by atoms with van der Waals surface area (Å²) in [5.41, 5.74) is 0. The zero-order chi connectivity index (χ0) is 15.1. The van der Waals surface area contributed by atoms with Crippen LogP contribution in [0.1, 0.15) is 33.1 Å². The molecule has 7 heteroatoms. The van der Waals surface area contributed by atoms with Gasteiger partial charge < -0.3 is 19.9 Å². The van der Waals surface area contributed by atoms with Gasteiger partial charge >= 0.3 is 0 Å². The van der Waals surface area contributed by atoms with Crippen LogP contribution in [0.3, 0.4) is 0 Å². The maximum Gasteiger partial charge on any atom is 0.225 e. The number of nitrogens with zero attached hydrogens (tertiary/aromatic N) is 2. The average Bonchev–Trinajstić information content (AvgIpc) is 2.54. The minimum absolute atomic E-state index is 0. The number of carbonyl (C=O) groups excluding carboxylic acids is 1. The highest BCUT2D eigenvalue weighted by Gasteiger charge is 2.26. The Hall–Kier alpha value is -0.0700. The maximum absolute atomic E-state index is 12.3. The number of carbonyl (C=O) groups is 1. The lowest BCUT2D eigenvalue weighted by Crippen LogP contribution is -2.45. The van der Waals surface area contributed by atoms with Gasteiger partial charge in [0.05, 0.1) is 19.1 Å². The van der Waals surface area contributed by atoms with Crippen molar-refractivity contribution >= 4 is 30.7 Å². The lowest BCUT2D eigenvalue weighted by molar-refractivity contribution is -0.136. The second-order valence-electron chi connectivity index (χ2n) is 6.21. The molecular formula is C16H33Cl2N3O2. The van der Waals surface area contributed by atoms with Gasteiger partial charge in [0.1, 0.15) is 0 Å². The van der Waals surface area contributed by atoms with Gasteiger partial charge in [-0.15, -0.1) is 24.8 Å². The predicted octanol–water partition coefficient (Wildman–Crippen LogP) is 1.79. The highest BCUT2D eigenvalue weighted by Crippen LogP contribution is 2.19. The van der Waals surface area contributed by atoms with Gasteiger partial charge in [-0.3, -0.25) is 4.79 Å². The van der Waals surface area contributed by atoms with E-state index in [0.717, 1.165) is 64.6 Å². The van der Waals surface area contributed by atoms with Crippen molar-refractivity contribution in [2.75, 3.05) is 52.4 Å². The largest absolute Gasteiger partial charge is 0.375 e. The van der Waals surface area contributed by atoms with E-state index in [1.807, 2.05) is 4.90 Å². The van der Waals surface area contributed by atoms with Crippen LogP contribution in [0.5, 0.6) is 0 Å². The molecule has 0 spiro atoms. The van der Waals surface area contributed by atoms with Gasteiger partial charge in [-0.1, -0.05) is 13.8 Å². The topological polar surface area (TPSA) is 44.8 Å². The Morgan fingerprint density at radius 2 is 1.87 bits per heavy atom. The first-order chi connectivity index (χ1) is 10.2. The summed E-state index contributed by atoms with van der Waals surface area (Å²) >= 11 is 0. The molecule has 23 heavy (non-hydrogen) atoms. The molecular weight excluding hydrogens is 337 g/mol. The minimum atomic E-state index is 0. The van der Waals surface area contributed by atoms with Crippen LogP contribution in [0, 0.1) is 5.92 Å². The molecule has 2 fully saturated rings. The number of amides is 1. The fraction of sp³-hybridized carbons (Fsp3) is 0.938. The van der Waals surface area contributed by atoms with E-state index in [1.54, 1.807) is 0 Å². The van der Waals surface area contributed by atoms with E-state index in [4.69, 9.17) is 4.74 Å². The highest BCUT2D eigenvalue weighted by molar-refractivity contribution is 5.85. The summed E-state index contributed by atoms with van der Waals surface area (Å²) in [6, 6.07) is 0. The number of hydrogen-bond acceptors (Lipinski definition) is 4. The fourth-order valence-corrected chi connectivity index (χ4v) is 3.29. The number of hydrogen-bond donors (Lipinski definition) is 1. The molecule has 138 valence electrons. The van der Waals surface area contributed by atoms with Crippen molar-refractivity contribution in [2.24, 2.45) is 5.92 Å². The van der Waals surface area contributed by atoms with Crippen molar-refractivity contribution in [3.8, 4) is 0 Å². The summed E-state index contributed by atoms with van der Waals surface area (Å²) in [7, 11) is 0. The Morgan fingerprint density at radius 3 is 2.39 bits per heavy atom. The molecule has 1 amide bonds. The third-order valence-corrected chi connectivity index (χ3v) is 4.78. The van der Waals surface area contributed by atoms with E-state index in [1.165, 1.54) is 6.54 Å². The lowest BCUT2D eigenvalue weighted by atomic mass is 9.95. The van der Waals surface area contributed by atoms with Gasteiger partial charge in [0.25, 0.3) is 0 Å². The SMILES string of the molecule is CCN(CC)CC1CCN(C(=O)CC2CNCCO2)CC1.Cl.Cl. The highest BCUT2D eigenvalue weighted by atomic mass is 35.5. The van der Waals surface area contributed by atoms with Gasteiger partial charge in [0.15, 0.2) is 0 Å². The maximum atomic E-state index is 12.3. The van der Waals surface area contributed by atoms with Crippen LogP contribution in [0.25, 0.3) is 0 Å². The van der Waals surface area contributed by atoms with E-state index >= 15 is 0 Å². The summed E-state index contributed by atoms with van der Waals surface area (Å²) in [6.45, 7) is 12.2. The van der Waals surface area contributed by atoms with E-state index in [9.17, 15) is 4.79 Å². The van der Waals surface area contributed by atoms with Crippen molar-refractivity contribution < 1.29 is 9.53 Å². The second kappa shape index (κ2) is 12.3. The Bertz CT molecular complexity index is 316. The van der Waals surface area contributed by atoms with Gasteiger partial charge in [-0.2, -0.15) is 0 Å². The lowest BCUT2D eigenvalue weighted by Gasteiger charge is -2.35. The number of piperidine rings is 1. The van der Waals surface area contributed by atoms with E-state index in [-0.39, 0.29) is 36.8 Å². The van der Waals surface area contributed by atoms with E-state index < -0.39 is 0 Å². The first-order valence-corrected chi connectivity index (χ1v) is 8.55. The number of nitrogens with one attached hydrogen (secondary N) is 1. The van der Waals surface area contributed by atoms with Crippen molar-refractivity contribution in [2.45, 2.75) is 39.2 Å². The Balaban J connectivity index is 0.00000242. The molecule has 5 nitrogen and oxygen atoms in total. The molecule has 0 aromatic rings. The number of likely N-dealkylation sites (tertiary alicyclic amines) is 1. The van der Waals surface area contributed by atoms with Crippen LogP contribution in [-0.4, -0.2) is 74.2 Å². The van der Waals surface area contributed by atoms with Gasteiger partial charge in [0.2, 0.25) is 5.91 Å². The van der Waals surface area contributed by atoms with Crippen LogP contribution in [0.2, 0.25) is 0 Å². The molecule has 0 aromatic heterocycles. The second-order valence-corrected chi connectivity index (χ2v) is 6.21. The molecule has 0 radical (unpaired) electrons. The number of rotatable bonds is 6. The Morgan fingerprint density at radius 1 is 1.22 bits per heavy atom. The minimum Gasteiger partial charge on any atom is -0.375 e. The quantitative estimate of drug-likeness (QED) is 0.774. The molecule has 2 saturated heterocycles. The standard InChI is InChI=1S/C16H31N3O2.2ClH/c1-3-18(4-2)13-14-5-8-19(9-6-14)16(20)11-15-12-17-7-10-21-15;;/h14-15,17H,3-13H2,1-2H3;2*1H. The first-order valence-electron chi connectivity index (χ1n) is 8.55. The summed E-state index contributed by atoms with van der Waals surface area (Å²) in [5, 5.41) is 3.28. The molecule has 1 N–H and O–H groups in total. The van der Waals surface area contributed by atoms with Crippen molar-refractivity contribution in [3.05, 3.63) is 0 Å².